The first kappa shape index (κ1) is 21.0. The number of hydrogen-bond donors (Lipinski definition) is 4. The summed E-state index contributed by atoms with van der Waals surface area (Å²) >= 11 is 0. The molecule has 5 N–H and O–H groups in total. The van der Waals surface area contributed by atoms with E-state index in [9.17, 15) is 14.4 Å². The number of primary amides is 1. The van der Waals surface area contributed by atoms with Crippen molar-refractivity contribution in [3.05, 3.63) is 65.2 Å². The van der Waals surface area contributed by atoms with Gasteiger partial charge in [-0.05, 0) is 42.2 Å². The van der Waals surface area contributed by atoms with Crippen LogP contribution in [0.2, 0.25) is 0 Å². The lowest BCUT2D eigenvalue weighted by molar-refractivity contribution is -0.124. The molecule has 7 heteroatoms. The molecule has 0 heterocycles. The van der Waals surface area contributed by atoms with Gasteiger partial charge in [0.25, 0.3) is 5.91 Å². The van der Waals surface area contributed by atoms with E-state index in [0.717, 1.165) is 11.1 Å². The van der Waals surface area contributed by atoms with Gasteiger partial charge in [-0.15, -0.1) is 0 Å². The molecule has 1 atom stereocenters. The molecule has 7 nitrogen and oxygen atoms in total. The molecule has 1 unspecified atom stereocenters. The van der Waals surface area contributed by atoms with Crippen LogP contribution in [-0.4, -0.2) is 23.9 Å². The van der Waals surface area contributed by atoms with Crippen molar-refractivity contribution in [1.82, 2.24) is 10.6 Å². The zero-order valence-electron chi connectivity index (χ0n) is 16.3. The van der Waals surface area contributed by atoms with E-state index in [2.05, 4.69) is 16.0 Å². The molecule has 4 amide bonds. The van der Waals surface area contributed by atoms with E-state index in [0.29, 0.717) is 17.8 Å². The second kappa shape index (κ2) is 9.55. The molecule has 2 aromatic rings. The largest absolute Gasteiger partial charge is 0.351 e. The van der Waals surface area contributed by atoms with Gasteiger partial charge in [0, 0.05) is 17.8 Å². The maximum Gasteiger partial charge on any atom is 0.316 e. The van der Waals surface area contributed by atoms with Crippen LogP contribution in [0.15, 0.2) is 48.5 Å². The standard InChI is InChI=1S/C21H26N4O3/c1-13(2)18(25-19(26)17-7-5-4-6-14(17)3)20(27)23-12-15-8-10-16(11-9-15)24-21(22)28/h4-11,13,18H,12H2,1-3H3,(H,23,27)(H,25,26)(H3,22,24,28). The summed E-state index contributed by atoms with van der Waals surface area (Å²) in [6, 6.07) is 12.9. The molecule has 0 aliphatic carbocycles. The summed E-state index contributed by atoms with van der Waals surface area (Å²) in [6.07, 6.45) is 0. The van der Waals surface area contributed by atoms with Crippen molar-refractivity contribution in [3.8, 4) is 0 Å². The first-order valence-electron chi connectivity index (χ1n) is 9.07. The van der Waals surface area contributed by atoms with Gasteiger partial charge in [-0.1, -0.05) is 44.2 Å². The van der Waals surface area contributed by atoms with Crippen molar-refractivity contribution < 1.29 is 14.4 Å². The van der Waals surface area contributed by atoms with Crippen molar-refractivity contribution in [1.29, 1.82) is 0 Å². The van der Waals surface area contributed by atoms with Crippen molar-refractivity contribution in [2.45, 2.75) is 33.4 Å². The van der Waals surface area contributed by atoms with Crippen LogP contribution in [0, 0.1) is 12.8 Å². The van der Waals surface area contributed by atoms with Gasteiger partial charge in [-0.3, -0.25) is 9.59 Å². The normalized spacial score (nSPS) is 11.6. The molecule has 0 bridgehead atoms. The zero-order chi connectivity index (χ0) is 20.7. The summed E-state index contributed by atoms with van der Waals surface area (Å²) in [5.41, 5.74) is 7.91. The Hall–Kier alpha value is -3.35. The van der Waals surface area contributed by atoms with E-state index in [1.54, 1.807) is 36.4 Å². The average molecular weight is 382 g/mol. The number of amides is 4. The van der Waals surface area contributed by atoms with Crippen molar-refractivity contribution in [2.75, 3.05) is 5.32 Å². The molecule has 0 aliphatic heterocycles. The zero-order valence-corrected chi connectivity index (χ0v) is 16.3. The minimum absolute atomic E-state index is 0.0740. The quantitative estimate of drug-likeness (QED) is 0.590. The minimum atomic E-state index is -0.650. The number of nitrogens with one attached hydrogen (secondary N) is 3. The lowest BCUT2D eigenvalue weighted by Gasteiger charge is -2.22. The van der Waals surface area contributed by atoms with E-state index >= 15 is 0 Å². The number of anilines is 1. The van der Waals surface area contributed by atoms with Crippen molar-refractivity contribution >= 4 is 23.5 Å². The highest BCUT2D eigenvalue weighted by atomic mass is 16.2. The summed E-state index contributed by atoms with van der Waals surface area (Å²) in [5.74, 6) is -0.597. The summed E-state index contributed by atoms with van der Waals surface area (Å²) < 4.78 is 0. The van der Waals surface area contributed by atoms with Crippen LogP contribution in [0.25, 0.3) is 0 Å². The van der Waals surface area contributed by atoms with E-state index in [1.165, 1.54) is 0 Å². The third-order valence-corrected chi connectivity index (χ3v) is 4.31. The van der Waals surface area contributed by atoms with Gasteiger partial charge in [0.1, 0.15) is 6.04 Å². The Kier molecular flexibility index (Phi) is 7.14. The van der Waals surface area contributed by atoms with Crippen LogP contribution in [0.4, 0.5) is 10.5 Å². The highest BCUT2D eigenvalue weighted by Crippen LogP contribution is 2.11. The van der Waals surface area contributed by atoms with E-state index in [4.69, 9.17) is 5.73 Å². The number of rotatable bonds is 7. The number of carbonyl (C=O) groups excluding carboxylic acids is 3. The molecule has 148 valence electrons. The summed E-state index contributed by atoms with van der Waals surface area (Å²) in [4.78, 5) is 36.0. The predicted molar refractivity (Wildman–Crippen MR) is 109 cm³/mol. The van der Waals surface area contributed by atoms with Gasteiger partial charge < -0.3 is 21.7 Å². The molecule has 0 spiro atoms. The first-order valence-corrected chi connectivity index (χ1v) is 9.07. The fourth-order valence-corrected chi connectivity index (χ4v) is 2.73. The molecule has 0 saturated carbocycles. The number of hydrogen-bond acceptors (Lipinski definition) is 3. The second-order valence-corrected chi connectivity index (χ2v) is 6.91. The first-order chi connectivity index (χ1) is 13.3. The van der Waals surface area contributed by atoms with Gasteiger partial charge in [-0.25, -0.2) is 4.79 Å². The monoisotopic (exact) mass is 382 g/mol. The Bertz CT molecular complexity index is 847. The van der Waals surface area contributed by atoms with Crippen LogP contribution >= 0.6 is 0 Å². The Balaban J connectivity index is 1.98. The lowest BCUT2D eigenvalue weighted by Crippen LogP contribution is -2.49. The van der Waals surface area contributed by atoms with Gasteiger partial charge >= 0.3 is 6.03 Å². The number of aryl methyl sites for hydroxylation is 1. The predicted octanol–water partition coefficient (Wildman–Crippen LogP) is 2.56. The molecule has 0 saturated heterocycles. The molecular weight excluding hydrogens is 356 g/mol. The van der Waals surface area contributed by atoms with E-state index < -0.39 is 12.1 Å². The molecule has 0 radical (unpaired) electrons. The maximum atomic E-state index is 12.6. The smallest absolute Gasteiger partial charge is 0.316 e. The van der Waals surface area contributed by atoms with Crippen LogP contribution in [-0.2, 0) is 11.3 Å². The van der Waals surface area contributed by atoms with Crippen LogP contribution in [0.5, 0.6) is 0 Å². The van der Waals surface area contributed by atoms with Gasteiger partial charge in [0.05, 0.1) is 0 Å². The van der Waals surface area contributed by atoms with Gasteiger partial charge in [0.15, 0.2) is 0 Å². The average Bonchev–Trinajstić information content (AvgIpc) is 2.64. The fraction of sp³-hybridized carbons (Fsp3) is 0.286. The van der Waals surface area contributed by atoms with Gasteiger partial charge in [-0.2, -0.15) is 0 Å². The Morgan fingerprint density at radius 2 is 1.64 bits per heavy atom. The highest BCUT2D eigenvalue weighted by Gasteiger charge is 2.24. The molecule has 28 heavy (non-hydrogen) atoms. The van der Waals surface area contributed by atoms with E-state index in [-0.39, 0.29) is 17.7 Å². The molecule has 0 fully saturated rings. The lowest BCUT2D eigenvalue weighted by atomic mass is 10.0. The maximum absolute atomic E-state index is 12.6. The SMILES string of the molecule is Cc1ccccc1C(=O)NC(C(=O)NCc1ccc(NC(N)=O)cc1)C(C)C. The Labute approximate surface area is 164 Å². The Morgan fingerprint density at radius 3 is 2.21 bits per heavy atom. The van der Waals surface area contributed by atoms with Crippen LogP contribution in [0.1, 0.15) is 35.3 Å². The number of urea groups is 1. The fourth-order valence-electron chi connectivity index (χ4n) is 2.73. The van der Waals surface area contributed by atoms with Crippen LogP contribution < -0.4 is 21.7 Å². The Morgan fingerprint density at radius 1 is 1.00 bits per heavy atom. The van der Waals surface area contributed by atoms with Crippen LogP contribution in [0.3, 0.4) is 0 Å². The third-order valence-electron chi connectivity index (χ3n) is 4.31. The highest BCUT2D eigenvalue weighted by molar-refractivity contribution is 5.98. The molecule has 0 aliphatic rings. The number of carbonyl (C=O) groups is 3. The topological polar surface area (TPSA) is 113 Å². The summed E-state index contributed by atoms with van der Waals surface area (Å²) in [7, 11) is 0. The molecule has 2 aromatic carbocycles. The molecular formula is C21H26N4O3. The second-order valence-electron chi connectivity index (χ2n) is 6.91. The van der Waals surface area contributed by atoms with Crippen molar-refractivity contribution in [3.63, 3.8) is 0 Å². The summed E-state index contributed by atoms with van der Waals surface area (Å²) in [6.45, 7) is 5.93. The van der Waals surface area contributed by atoms with Gasteiger partial charge in [0.2, 0.25) is 5.91 Å². The number of nitrogens with two attached hydrogens (primary N) is 1. The van der Waals surface area contributed by atoms with E-state index in [1.807, 2.05) is 32.9 Å². The van der Waals surface area contributed by atoms with Crippen molar-refractivity contribution in [2.24, 2.45) is 11.7 Å². The molecule has 2 rings (SSSR count). The minimum Gasteiger partial charge on any atom is -0.351 e. The number of benzene rings is 2. The third kappa shape index (κ3) is 5.84. The molecule has 0 aromatic heterocycles. The summed E-state index contributed by atoms with van der Waals surface area (Å²) in [5, 5.41) is 8.15.